The maximum atomic E-state index is 11.9. The van der Waals surface area contributed by atoms with E-state index < -0.39 is 12.0 Å². The third-order valence-corrected chi connectivity index (χ3v) is 2.84. The topological polar surface area (TPSA) is 78.9 Å². The fraction of sp³-hybridized carbons (Fsp3) is 0.818. The van der Waals surface area contributed by atoms with Crippen LogP contribution in [0.3, 0.4) is 0 Å². The summed E-state index contributed by atoms with van der Waals surface area (Å²) in [6.07, 6.45) is 0. The first-order chi connectivity index (χ1) is 7.93. The van der Waals surface area contributed by atoms with E-state index in [2.05, 4.69) is 5.32 Å². The summed E-state index contributed by atoms with van der Waals surface area (Å²) < 4.78 is 5.22. The van der Waals surface area contributed by atoms with Gasteiger partial charge in [0.1, 0.15) is 6.04 Å². The van der Waals surface area contributed by atoms with Crippen molar-refractivity contribution >= 4 is 12.0 Å². The van der Waals surface area contributed by atoms with Crippen molar-refractivity contribution in [2.24, 2.45) is 5.92 Å². The lowest BCUT2D eigenvalue weighted by Crippen LogP contribution is -2.55. The van der Waals surface area contributed by atoms with Crippen LogP contribution in [0.5, 0.6) is 0 Å². The van der Waals surface area contributed by atoms with Crippen LogP contribution in [0.1, 0.15) is 20.8 Å². The summed E-state index contributed by atoms with van der Waals surface area (Å²) in [5.41, 5.74) is 0. The molecule has 2 amide bonds. The molecule has 0 aromatic rings. The highest BCUT2D eigenvalue weighted by Gasteiger charge is 2.29. The molecular weight excluding hydrogens is 224 g/mol. The SMILES string of the molecule is CC(C)C(NC(=O)N1CCOCC1C)C(=O)O. The van der Waals surface area contributed by atoms with Gasteiger partial charge in [0, 0.05) is 6.54 Å². The van der Waals surface area contributed by atoms with E-state index in [1.54, 1.807) is 18.7 Å². The molecule has 0 aromatic heterocycles. The van der Waals surface area contributed by atoms with Crippen LogP contribution in [-0.2, 0) is 9.53 Å². The number of hydrogen-bond acceptors (Lipinski definition) is 3. The van der Waals surface area contributed by atoms with Gasteiger partial charge in [0.2, 0.25) is 0 Å². The summed E-state index contributed by atoms with van der Waals surface area (Å²) in [5.74, 6) is -1.15. The summed E-state index contributed by atoms with van der Waals surface area (Å²) in [6, 6.07) is -1.20. The molecule has 98 valence electrons. The number of carbonyl (C=O) groups is 2. The van der Waals surface area contributed by atoms with Crippen LogP contribution in [0.2, 0.25) is 0 Å². The van der Waals surface area contributed by atoms with Gasteiger partial charge in [-0.3, -0.25) is 0 Å². The lowest BCUT2D eigenvalue weighted by molar-refractivity contribution is -0.140. The monoisotopic (exact) mass is 244 g/mol. The number of hydrogen-bond donors (Lipinski definition) is 2. The van der Waals surface area contributed by atoms with Gasteiger partial charge in [-0.05, 0) is 12.8 Å². The van der Waals surface area contributed by atoms with Crippen LogP contribution in [0.25, 0.3) is 0 Å². The lowest BCUT2D eigenvalue weighted by atomic mass is 10.1. The largest absolute Gasteiger partial charge is 0.480 e. The van der Waals surface area contributed by atoms with Gasteiger partial charge in [-0.15, -0.1) is 0 Å². The minimum atomic E-state index is -1.01. The Morgan fingerprint density at radius 2 is 2.12 bits per heavy atom. The van der Waals surface area contributed by atoms with E-state index in [1.165, 1.54) is 0 Å². The number of carboxylic acids is 1. The summed E-state index contributed by atoms with van der Waals surface area (Å²) in [6.45, 7) is 6.90. The second kappa shape index (κ2) is 5.86. The van der Waals surface area contributed by atoms with E-state index in [0.717, 1.165) is 0 Å². The Kier molecular flexibility index (Phi) is 4.74. The highest BCUT2D eigenvalue weighted by atomic mass is 16.5. The van der Waals surface area contributed by atoms with Crippen molar-refractivity contribution in [2.45, 2.75) is 32.9 Å². The zero-order chi connectivity index (χ0) is 13.0. The quantitative estimate of drug-likeness (QED) is 0.759. The Balaban J connectivity index is 2.60. The van der Waals surface area contributed by atoms with E-state index in [-0.39, 0.29) is 18.0 Å². The second-order valence-electron chi connectivity index (χ2n) is 4.63. The minimum Gasteiger partial charge on any atom is -0.480 e. The zero-order valence-electron chi connectivity index (χ0n) is 10.5. The summed E-state index contributed by atoms with van der Waals surface area (Å²) in [7, 11) is 0. The van der Waals surface area contributed by atoms with Gasteiger partial charge in [0.15, 0.2) is 0 Å². The molecule has 17 heavy (non-hydrogen) atoms. The van der Waals surface area contributed by atoms with Crippen molar-refractivity contribution in [3.8, 4) is 0 Å². The molecule has 0 radical (unpaired) electrons. The number of nitrogens with one attached hydrogen (secondary N) is 1. The van der Waals surface area contributed by atoms with Gasteiger partial charge in [0.05, 0.1) is 19.3 Å². The van der Waals surface area contributed by atoms with Gasteiger partial charge in [0.25, 0.3) is 0 Å². The minimum absolute atomic E-state index is 0.0228. The number of urea groups is 1. The van der Waals surface area contributed by atoms with Gasteiger partial charge in [-0.1, -0.05) is 13.8 Å². The van der Waals surface area contributed by atoms with E-state index in [0.29, 0.717) is 19.8 Å². The molecule has 6 nitrogen and oxygen atoms in total. The van der Waals surface area contributed by atoms with Crippen molar-refractivity contribution in [3.63, 3.8) is 0 Å². The first-order valence-corrected chi connectivity index (χ1v) is 5.81. The van der Waals surface area contributed by atoms with Crippen molar-refractivity contribution in [1.82, 2.24) is 10.2 Å². The van der Waals surface area contributed by atoms with Crippen LogP contribution in [-0.4, -0.2) is 53.8 Å². The molecule has 1 aliphatic heterocycles. The number of ether oxygens (including phenoxy) is 1. The van der Waals surface area contributed by atoms with Gasteiger partial charge in [-0.2, -0.15) is 0 Å². The average molecular weight is 244 g/mol. The van der Waals surface area contributed by atoms with Gasteiger partial charge in [-0.25, -0.2) is 9.59 Å². The number of carbonyl (C=O) groups excluding carboxylic acids is 1. The van der Waals surface area contributed by atoms with Crippen molar-refractivity contribution in [3.05, 3.63) is 0 Å². The number of nitrogens with zero attached hydrogens (tertiary/aromatic N) is 1. The molecule has 0 aliphatic carbocycles. The third kappa shape index (κ3) is 3.59. The normalized spacial score (nSPS) is 22.4. The fourth-order valence-corrected chi connectivity index (χ4v) is 1.76. The molecule has 1 saturated heterocycles. The molecule has 1 rings (SSSR count). The number of morpholine rings is 1. The number of aliphatic carboxylic acids is 1. The maximum Gasteiger partial charge on any atom is 0.326 e. The van der Waals surface area contributed by atoms with E-state index in [4.69, 9.17) is 9.84 Å². The molecule has 0 bridgehead atoms. The van der Waals surface area contributed by atoms with Crippen LogP contribution >= 0.6 is 0 Å². The van der Waals surface area contributed by atoms with Crippen molar-refractivity contribution in [2.75, 3.05) is 19.8 Å². The molecule has 1 aliphatic rings. The van der Waals surface area contributed by atoms with Gasteiger partial charge < -0.3 is 20.1 Å². The molecule has 0 aromatic carbocycles. The highest BCUT2D eigenvalue weighted by molar-refractivity contribution is 5.83. The molecule has 6 heteroatoms. The molecule has 1 fully saturated rings. The Bertz CT molecular complexity index is 293. The summed E-state index contributed by atoms with van der Waals surface area (Å²) in [4.78, 5) is 24.5. The first kappa shape index (κ1) is 13.8. The van der Waals surface area contributed by atoms with E-state index >= 15 is 0 Å². The Hall–Kier alpha value is -1.30. The predicted octanol–water partition coefficient (Wildman–Crippen LogP) is 0.526. The fourth-order valence-electron chi connectivity index (χ4n) is 1.76. The molecular formula is C11H20N2O4. The van der Waals surface area contributed by atoms with Crippen molar-refractivity contribution < 1.29 is 19.4 Å². The molecule has 1 heterocycles. The Labute approximate surface area is 101 Å². The Morgan fingerprint density at radius 1 is 1.47 bits per heavy atom. The van der Waals surface area contributed by atoms with E-state index in [9.17, 15) is 9.59 Å². The average Bonchev–Trinajstić information content (AvgIpc) is 2.25. The Morgan fingerprint density at radius 3 is 2.59 bits per heavy atom. The predicted molar refractivity (Wildman–Crippen MR) is 61.8 cm³/mol. The summed E-state index contributed by atoms with van der Waals surface area (Å²) in [5, 5.41) is 11.5. The second-order valence-corrected chi connectivity index (χ2v) is 4.63. The van der Waals surface area contributed by atoms with Crippen LogP contribution in [0.4, 0.5) is 4.79 Å². The van der Waals surface area contributed by atoms with Crippen LogP contribution < -0.4 is 5.32 Å². The number of carboxylic acid groups (broad SMARTS) is 1. The standard InChI is InChI=1S/C11H20N2O4/c1-7(2)9(10(14)15)12-11(16)13-4-5-17-6-8(13)3/h7-9H,4-6H2,1-3H3,(H,12,16)(H,14,15). The summed E-state index contributed by atoms with van der Waals surface area (Å²) >= 11 is 0. The smallest absolute Gasteiger partial charge is 0.326 e. The molecule has 2 unspecified atom stereocenters. The van der Waals surface area contributed by atoms with Crippen molar-refractivity contribution in [1.29, 1.82) is 0 Å². The number of rotatable bonds is 3. The number of amides is 2. The molecule has 2 N–H and O–H groups in total. The molecule has 0 spiro atoms. The van der Waals surface area contributed by atoms with E-state index in [1.807, 2.05) is 6.92 Å². The third-order valence-electron chi connectivity index (χ3n) is 2.84. The zero-order valence-corrected chi connectivity index (χ0v) is 10.5. The lowest BCUT2D eigenvalue weighted by Gasteiger charge is -2.34. The highest BCUT2D eigenvalue weighted by Crippen LogP contribution is 2.08. The first-order valence-electron chi connectivity index (χ1n) is 5.81. The molecule has 0 saturated carbocycles. The van der Waals surface area contributed by atoms with Gasteiger partial charge >= 0.3 is 12.0 Å². The van der Waals surface area contributed by atoms with Crippen LogP contribution in [0, 0.1) is 5.92 Å². The molecule has 2 atom stereocenters. The van der Waals surface area contributed by atoms with Crippen LogP contribution in [0.15, 0.2) is 0 Å². The maximum absolute atomic E-state index is 11.9.